The molecule has 0 fully saturated rings. The largest absolute Gasteiger partial charge is 0.454 e. The summed E-state index contributed by atoms with van der Waals surface area (Å²) in [5.41, 5.74) is 3.38. The summed E-state index contributed by atoms with van der Waals surface area (Å²) in [6, 6.07) is 10.8. The molecule has 0 aromatic heterocycles. The van der Waals surface area contributed by atoms with E-state index in [1.54, 1.807) is 18.2 Å². The first-order valence-corrected chi connectivity index (χ1v) is 10.8. The zero-order valence-electron chi connectivity index (χ0n) is 16.2. The molecule has 0 saturated carbocycles. The van der Waals surface area contributed by atoms with E-state index in [2.05, 4.69) is 5.32 Å². The first kappa shape index (κ1) is 20.0. The lowest BCUT2D eigenvalue weighted by molar-refractivity contribution is -0.116. The number of hydrogen-bond acceptors (Lipinski definition) is 5. The highest BCUT2D eigenvalue weighted by Crippen LogP contribution is 2.36. The minimum Gasteiger partial charge on any atom is -0.454 e. The number of carbonyl (C=O) groups is 1. The summed E-state index contributed by atoms with van der Waals surface area (Å²) in [5, 5.41) is 2.88. The van der Waals surface area contributed by atoms with Gasteiger partial charge in [0.25, 0.3) is 0 Å². The van der Waals surface area contributed by atoms with Gasteiger partial charge >= 0.3 is 0 Å². The molecule has 1 N–H and O–H groups in total. The lowest BCUT2D eigenvalue weighted by Gasteiger charge is -2.22. The fraction of sp³-hybridized carbons (Fsp3) is 0.350. The van der Waals surface area contributed by atoms with Crippen LogP contribution in [0.2, 0.25) is 0 Å². The zero-order valence-corrected chi connectivity index (χ0v) is 17.0. The minimum absolute atomic E-state index is 0.121. The van der Waals surface area contributed by atoms with E-state index in [-0.39, 0.29) is 25.7 Å². The van der Waals surface area contributed by atoms with Crippen molar-refractivity contribution in [2.24, 2.45) is 0 Å². The molecule has 1 aliphatic rings. The molecule has 1 aliphatic heterocycles. The average molecular weight is 404 g/mol. The van der Waals surface area contributed by atoms with Gasteiger partial charge in [0.15, 0.2) is 11.5 Å². The Hall–Kier alpha value is -2.74. The molecule has 3 rings (SSSR count). The monoisotopic (exact) mass is 404 g/mol. The van der Waals surface area contributed by atoms with Crippen LogP contribution in [0.3, 0.4) is 0 Å². The zero-order chi connectivity index (χ0) is 20.3. The molecule has 0 aliphatic carbocycles. The maximum absolute atomic E-state index is 12.3. The molecule has 2 aromatic rings. The number of aryl methyl sites for hydroxylation is 2. The summed E-state index contributed by atoms with van der Waals surface area (Å²) in [7, 11) is -3.50. The van der Waals surface area contributed by atoms with Crippen LogP contribution in [0.5, 0.6) is 11.5 Å². The highest BCUT2D eigenvalue weighted by Gasteiger charge is 2.21. The van der Waals surface area contributed by atoms with Crippen LogP contribution in [0.1, 0.15) is 24.0 Å². The van der Waals surface area contributed by atoms with Crippen molar-refractivity contribution in [3.8, 4) is 11.5 Å². The normalized spacial score (nSPS) is 12.7. The van der Waals surface area contributed by atoms with Crippen LogP contribution >= 0.6 is 0 Å². The van der Waals surface area contributed by atoms with Gasteiger partial charge in [-0.3, -0.25) is 9.10 Å². The summed E-state index contributed by atoms with van der Waals surface area (Å²) >= 11 is 0. The van der Waals surface area contributed by atoms with E-state index in [0.29, 0.717) is 23.6 Å². The van der Waals surface area contributed by atoms with Gasteiger partial charge in [-0.2, -0.15) is 0 Å². The van der Waals surface area contributed by atoms with Crippen molar-refractivity contribution < 1.29 is 22.7 Å². The number of nitrogens with zero attached hydrogens (tertiary/aromatic N) is 1. The second-order valence-corrected chi connectivity index (χ2v) is 8.75. The van der Waals surface area contributed by atoms with Crippen LogP contribution in [0.15, 0.2) is 36.4 Å². The number of ether oxygens (including phenoxy) is 2. The number of benzene rings is 2. The number of rotatable bonds is 7. The Morgan fingerprint density at radius 2 is 1.86 bits per heavy atom. The van der Waals surface area contributed by atoms with Gasteiger partial charge in [-0.05, 0) is 44.0 Å². The van der Waals surface area contributed by atoms with Crippen LogP contribution in [0.25, 0.3) is 0 Å². The molecule has 0 atom stereocenters. The Balaban J connectivity index is 1.62. The van der Waals surface area contributed by atoms with E-state index >= 15 is 0 Å². The first-order valence-electron chi connectivity index (χ1n) is 8.98. The molecule has 28 heavy (non-hydrogen) atoms. The van der Waals surface area contributed by atoms with E-state index in [1.165, 1.54) is 4.31 Å². The Labute approximate surface area is 165 Å². The fourth-order valence-electron chi connectivity index (χ4n) is 3.08. The molecule has 0 radical (unpaired) electrons. The topological polar surface area (TPSA) is 84.9 Å². The van der Waals surface area contributed by atoms with Gasteiger partial charge in [-0.1, -0.05) is 17.7 Å². The average Bonchev–Trinajstić information content (AvgIpc) is 3.07. The third-order valence-corrected chi connectivity index (χ3v) is 5.66. The highest BCUT2D eigenvalue weighted by molar-refractivity contribution is 7.92. The minimum atomic E-state index is -3.50. The molecule has 1 amide bonds. The number of anilines is 2. The van der Waals surface area contributed by atoms with Crippen molar-refractivity contribution >= 4 is 27.3 Å². The summed E-state index contributed by atoms with van der Waals surface area (Å²) in [6.45, 7) is 4.25. The van der Waals surface area contributed by atoms with Crippen LogP contribution in [0, 0.1) is 13.8 Å². The van der Waals surface area contributed by atoms with Crippen molar-refractivity contribution in [2.45, 2.75) is 26.7 Å². The summed E-state index contributed by atoms with van der Waals surface area (Å²) in [4.78, 5) is 12.3. The third kappa shape index (κ3) is 4.75. The Bertz CT molecular complexity index is 988. The van der Waals surface area contributed by atoms with E-state index < -0.39 is 10.0 Å². The van der Waals surface area contributed by atoms with Gasteiger partial charge in [-0.15, -0.1) is 0 Å². The Morgan fingerprint density at radius 1 is 1.11 bits per heavy atom. The lowest BCUT2D eigenvalue weighted by atomic mass is 10.1. The molecule has 0 saturated heterocycles. The third-order valence-electron chi connectivity index (χ3n) is 4.47. The number of fused-ring (bicyclic) bond motifs is 1. The van der Waals surface area contributed by atoms with Gasteiger partial charge in [-0.25, -0.2) is 8.42 Å². The van der Waals surface area contributed by atoms with Crippen molar-refractivity contribution in [2.75, 3.05) is 29.2 Å². The molecule has 0 spiro atoms. The van der Waals surface area contributed by atoms with E-state index in [0.717, 1.165) is 23.1 Å². The molecule has 0 bridgehead atoms. The SMILES string of the molecule is Cc1ccc(NC(=O)CCCN(c2ccc3c(c2)OCO3)S(C)(=O)=O)c(C)c1. The molecule has 1 heterocycles. The highest BCUT2D eigenvalue weighted by atomic mass is 32.2. The molecule has 2 aromatic carbocycles. The van der Waals surface area contributed by atoms with Gasteiger partial charge < -0.3 is 14.8 Å². The molecule has 8 heteroatoms. The number of hydrogen-bond donors (Lipinski definition) is 1. The van der Waals surface area contributed by atoms with Crippen LogP contribution in [-0.4, -0.2) is 33.9 Å². The van der Waals surface area contributed by atoms with Crippen molar-refractivity contribution in [3.05, 3.63) is 47.5 Å². The quantitative estimate of drug-likeness (QED) is 0.766. The number of sulfonamides is 1. The van der Waals surface area contributed by atoms with Gasteiger partial charge in [0, 0.05) is 24.7 Å². The van der Waals surface area contributed by atoms with Gasteiger partial charge in [0.05, 0.1) is 11.9 Å². The molecular formula is C20H24N2O5S. The van der Waals surface area contributed by atoms with Gasteiger partial charge in [0.2, 0.25) is 22.7 Å². The Kier molecular flexibility index (Phi) is 5.79. The molecule has 0 unspecified atom stereocenters. The summed E-state index contributed by atoms with van der Waals surface area (Å²) in [6.07, 6.45) is 1.75. The standard InChI is InChI=1S/C20H24N2O5S/c1-14-6-8-17(15(2)11-14)21-20(23)5-4-10-22(28(3,24)25)16-7-9-18-19(12-16)27-13-26-18/h6-9,11-12H,4-5,10,13H2,1-3H3,(H,21,23). The maximum atomic E-state index is 12.3. The number of carbonyl (C=O) groups excluding carboxylic acids is 1. The fourth-order valence-corrected chi connectivity index (χ4v) is 4.03. The second kappa shape index (κ2) is 8.10. The van der Waals surface area contributed by atoms with Gasteiger partial charge in [0.1, 0.15) is 0 Å². The number of amides is 1. The van der Waals surface area contributed by atoms with E-state index in [1.807, 2.05) is 32.0 Å². The predicted molar refractivity (Wildman–Crippen MR) is 109 cm³/mol. The first-order chi connectivity index (χ1) is 13.2. The smallest absolute Gasteiger partial charge is 0.232 e. The summed E-state index contributed by atoms with van der Waals surface area (Å²) < 4.78 is 36.3. The van der Waals surface area contributed by atoms with Crippen molar-refractivity contribution in [3.63, 3.8) is 0 Å². The van der Waals surface area contributed by atoms with Crippen LogP contribution in [0.4, 0.5) is 11.4 Å². The van der Waals surface area contributed by atoms with Crippen LogP contribution < -0.4 is 19.1 Å². The molecular weight excluding hydrogens is 380 g/mol. The maximum Gasteiger partial charge on any atom is 0.232 e. The predicted octanol–water partition coefficient (Wildman–Crippen LogP) is 3.22. The lowest BCUT2D eigenvalue weighted by Crippen LogP contribution is -2.31. The van der Waals surface area contributed by atoms with Crippen LogP contribution in [-0.2, 0) is 14.8 Å². The number of nitrogens with one attached hydrogen (secondary N) is 1. The van der Waals surface area contributed by atoms with Crippen molar-refractivity contribution in [1.82, 2.24) is 0 Å². The second-order valence-electron chi connectivity index (χ2n) is 6.84. The summed E-state index contributed by atoms with van der Waals surface area (Å²) in [5.74, 6) is 0.954. The molecule has 7 nitrogen and oxygen atoms in total. The Morgan fingerprint density at radius 3 is 2.57 bits per heavy atom. The van der Waals surface area contributed by atoms with E-state index in [4.69, 9.17) is 9.47 Å². The van der Waals surface area contributed by atoms with E-state index in [9.17, 15) is 13.2 Å². The van der Waals surface area contributed by atoms with Crippen molar-refractivity contribution in [1.29, 1.82) is 0 Å². The molecule has 150 valence electrons.